The lowest BCUT2D eigenvalue weighted by molar-refractivity contribution is 0.0525. The van der Waals surface area contributed by atoms with Crippen molar-refractivity contribution in [1.82, 2.24) is 9.38 Å². The van der Waals surface area contributed by atoms with Gasteiger partial charge < -0.3 is 4.74 Å². The van der Waals surface area contributed by atoms with Crippen LogP contribution < -0.4 is 0 Å². The molecule has 1 aromatic carbocycles. The van der Waals surface area contributed by atoms with Crippen molar-refractivity contribution in [2.75, 3.05) is 6.61 Å². The van der Waals surface area contributed by atoms with Crippen LogP contribution in [0.15, 0.2) is 41.1 Å². The van der Waals surface area contributed by atoms with Crippen LogP contribution in [-0.2, 0) is 4.74 Å². The van der Waals surface area contributed by atoms with Crippen LogP contribution >= 0.6 is 15.9 Å². The van der Waals surface area contributed by atoms with E-state index in [-0.39, 0.29) is 5.97 Å². The molecule has 0 saturated carbocycles. The fourth-order valence-corrected chi connectivity index (χ4v) is 2.77. The molecule has 0 radical (unpaired) electrons. The Morgan fingerprint density at radius 3 is 3.00 bits per heavy atom. The number of halogens is 1. The molecule has 0 fully saturated rings. The van der Waals surface area contributed by atoms with Gasteiger partial charge in [-0.25, -0.2) is 4.79 Å². The van der Waals surface area contributed by atoms with Crippen molar-refractivity contribution in [3.8, 4) is 0 Å². The number of hydrogen-bond acceptors (Lipinski definition) is 3. The number of ether oxygens (including phenoxy) is 1. The molecule has 0 saturated heterocycles. The second-order valence-electron chi connectivity index (χ2n) is 4.08. The Morgan fingerprint density at radius 1 is 1.42 bits per heavy atom. The third-order valence-corrected chi connectivity index (χ3v) is 3.70. The van der Waals surface area contributed by atoms with Crippen LogP contribution in [0.3, 0.4) is 0 Å². The Balaban J connectivity index is 2.32. The molecule has 0 spiro atoms. The number of rotatable bonds is 2. The Labute approximate surface area is 118 Å². The molecular weight excluding hydrogens is 308 g/mol. The fraction of sp³-hybridized carbons (Fsp3) is 0.143. The standard InChI is InChI=1S/C14H11BrN2O2/c1-2-19-14(18)10-7-9-8-16-11-5-3-4-6-12(11)17(9)13(10)15/h3-8H,2H2,1H3. The molecule has 5 heteroatoms. The molecule has 3 aromatic rings. The van der Waals surface area contributed by atoms with Crippen LogP contribution in [0.4, 0.5) is 0 Å². The molecular formula is C14H11BrN2O2. The van der Waals surface area contributed by atoms with Gasteiger partial charge in [-0.3, -0.25) is 9.38 Å². The van der Waals surface area contributed by atoms with Gasteiger partial charge in [0.15, 0.2) is 0 Å². The lowest BCUT2D eigenvalue weighted by Crippen LogP contribution is -2.04. The normalized spacial score (nSPS) is 11.1. The highest BCUT2D eigenvalue weighted by molar-refractivity contribution is 9.10. The number of hydrogen-bond donors (Lipinski definition) is 0. The van der Waals surface area contributed by atoms with E-state index in [1.54, 1.807) is 19.2 Å². The van der Waals surface area contributed by atoms with Gasteiger partial charge >= 0.3 is 5.97 Å². The van der Waals surface area contributed by atoms with Gasteiger partial charge in [0.25, 0.3) is 0 Å². The molecule has 0 aliphatic heterocycles. The van der Waals surface area contributed by atoms with Gasteiger partial charge in [-0.1, -0.05) is 12.1 Å². The summed E-state index contributed by atoms with van der Waals surface area (Å²) in [5.74, 6) is -0.331. The van der Waals surface area contributed by atoms with Crippen LogP contribution in [-0.4, -0.2) is 22.0 Å². The van der Waals surface area contributed by atoms with Gasteiger partial charge in [-0.2, -0.15) is 0 Å². The monoisotopic (exact) mass is 318 g/mol. The van der Waals surface area contributed by atoms with E-state index in [4.69, 9.17) is 4.74 Å². The van der Waals surface area contributed by atoms with E-state index in [9.17, 15) is 4.79 Å². The summed E-state index contributed by atoms with van der Waals surface area (Å²) < 4.78 is 7.69. The zero-order valence-corrected chi connectivity index (χ0v) is 11.8. The molecule has 0 unspecified atom stereocenters. The number of aromatic nitrogens is 2. The molecule has 0 aliphatic rings. The molecule has 0 bridgehead atoms. The SMILES string of the molecule is CCOC(=O)c1cc2cnc3ccccc3n2c1Br. The molecule has 4 nitrogen and oxygen atoms in total. The molecule has 0 N–H and O–H groups in total. The van der Waals surface area contributed by atoms with Gasteiger partial charge in [-0.15, -0.1) is 0 Å². The second kappa shape index (κ2) is 4.66. The van der Waals surface area contributed by atoms with Crippen molar-refractivity contribution in [1.29, 1.82) is 0 Å². The second-order valence-corrected chi connectivity index (χ2v) is 4.83. The van der Waals surface area contributed by atoms with Crippen molar-refractivity contribution in [3.63, 3.8) is 0 Å². The van der Waals surface area contributed by atoms with Crippen molar-refractivity contribution < 1.29 is 9.53 Å². The van der Waals surface area contributed by atoms with Crippen molar-refractivity contribution in [2.45, 2.75) is 6.92 Å². The van der Waals surface area contributed by atoms with Gasteiger partial charge in [0.1, 0.15) is 4.60 Å². The van der Waals surface area contributed by atoms with Crippen LogP contribution in [0.25, 0.3) is 16.6 Å². The maximum Gasteiger partial charge on any atom is 0.340 e. The summed E-state index contributed by atoms with van der Waals surface area (Å²) in [5.41, 5.74) is 3.19. The van der Waals surface area contributed by atoms with Crippen LogP contribution in [0.5, 0.6) is 0 Å². The molecule has 0 amide bonds. The number of benzene rings is 1. The molecule has 0 atom stereocenters. The summed E-state index contributed by atoms with van der Waals surface area (Å²) in [6.07, 6.45) is 1.75. The summed E-state index contributed by atoms with van der Waals surface area (Å²) in [4.78, 5) is 16.3. The topological polar surface area (TPSA) is 43.6 Å². The third kappa shape index (κ3) is 1.90. The van der Waals surface area contributed by atoms with Crippen molar-refractivity contribution >= 4 is 38.4 Å². The number of fused-ring (bicyclic) bond motifs is 3. The minimum Gasteiger partial charge on any atom is -0.462 e. The van der Waals surface area contributed by atoms with E-state index < -0.39 is 0 Å². The maximum absolute atomic E-state index is 11.9. The van der Waals surface area contributed by atoms with Gasteiger partial charge in [0.2, 0.25) is 0 Å². The van der Waals surface area contributed by atoms with E-state index in [1.807, 2.05) is 28.7 Å². The maximum atomic E-state index is 11.9. The minimum absolute atomic E-state index is 0.331. The lowest BCUT2D eigenvalue weighted by Gasteiger charge is -2.03. The Morgan fingerprint density at radius 2 is 2.21 bits per heavy atom. The quantitative estimate of drug-likeness (QED) is 0.680. The highest BCUT2D eigenvalue weighted by Gasteiger charge is 2.17. The van der Waals surface area contributed by atoms with Crippen molar-refractivity contribution in [3.05, 3.63) is 46.7 Å². The fourth-order valence-electron chi connectivity index (χ4n) is 2.10. The largest absolute Gasteiger partial charge is 0.462 e. The van der Waals surface area contributed by atoms with Gasteiger partial charge in [0.05, 0.1) is 34.9 Å². The van der Waals surface area contributed by atoms with Gasteiger partial charge in [0, 0.05) is 0 Å². The van der Waals surface area contributed by atoms with Crippen molar-refractivity contribution in [2.24, 2.45) is 0 Å². The number of carbonyl (C=O) groups excluding carboxylic acids is 1. The first-order valence-corrected chi connectivity index (χ1v) is 6.73. The molecule has 2 aromatic heterocycles. The summed E-state index contributed by atoms with van der Waals surface area (Å²) in [7, 11) is 0. The van der Waals surface area contributed by atoms with E-state index in [0.29, 0.717) is 16.8 Å². The lowest BCUT2D eigenvalue weighted by atomic mass is 10.3. The average molecular weight is 319 g/mol. The van der Waals surface area contributed by atoms with Crippen LogP contribution in [0, 0.1) is 0 Å². The zero-order valence-electron chi connectivity index (χ0n) is 10.3. The summed E-state index contributed by atoms with van der Waals surface area (Å²) in [5, 5.41) is 0. The summed E-state index contributed by atoms with van der Waals surface area (Å²) in [6, 6.07) is 9.56. The van der Waals surface area contributed by atoms with E-state index in [0.717, 1.165) is 16.6 Å². The number of esters is 1. The first-order chi connectivity index (χ1) is 9.22. The predicted octanol–water partition coefficient (Wildman–Crippen LogP) is 3.43. The minimum atomic E-state index is -0.331. The third-order valence-electron chi connectivity index (χ3n) is 2.92. The molecule has 3 rings (SSSR count). The van der Waals surface area contributed by atoms with Crippen LogP contribution in [0.2, 0.25) is 0 Å². The number of carbonyl (C=O) groups is 1. The van der Waals surface area contributed by atoms with E-state index >= 15 is 0 Å². The highest BCUT2D eigenvalue weighted by atomic mass is 79.9. The Hall–Kier alpha value is -1.88. The van der Waals surface area contributed by atoms with E-state index in [2.05, 4.69) is 20.9 Å². The summed E-state index contributed by atoms with van der Waals surface area (Å²) in [6.45, 7) is 2.15. The van der Waals surface area contributed by atoms with Gasteiger partial charge in [-0.05, 0) is 41.1 Å². The molecule has 0 aliphatic carbocycles. The molecule has 2 heterocycles. The molecule has 96 valence electrons. The average Bonchev–Trinajstić information content (AvgIpc) is 2.77. The first kappa shape index (κ1) is 12.2. The first-order valence-electron chi connectivity index (χ1n) is 5.94. The number of para-hydroxylation sites is 2. The Bertz CT molecular complexity index is 780. The highest BCUT2D eigenvalue weighted by Crippen LogP contribution is 2.26. The number of nitrogens with zero attached hydrogens (tertiary/aromatic N) is 2. The smallest absolute Gasteiger partial charge is 0.340 e. The van der Waals surface area contributed by atoms with E-state index in [1.165, 1.54) is 0 Å². The van der Waals surface area contributed by atoms with Crippen LogP contribution in [0.1, 0.15) is 17.3 Å². The molecule has 19 heavy (non-hydrogen) atoms. The summed E-state index contributed by atoms with van der Waals surface area (Å²) >= 11 is 3.48. The zero-order chi connectivity index (χ0) is 13.4. The predicted molar refractivity (Wildman–Crippen MR) is 76.4 cm³/mol. The Kier molecular flexibility index (Phi) is 2.98.